The van der Waals surface area contributed by atoms with Crippen LogP contribution in [0.1, 0.15) is 21.6 Å². The molecule has 0 spiro atoms. The Hall–Kier alpha value is -4.33. The van der Waals surface area contributed by atoms with Crippen molar-refractivity contribution in [3.63, 3.8) is 0 Å². The van der Waals surface area contributed by atoms with E-state index >= 15 is 0 Å². The second-order valence-corrected chi connectivity index (χ2v) is 7.31. The summed E-state index contributed by atoms with van der Waals surface area (Å²) in [5, 5.41) is 18.7. The molecule has 0 N–H and O–H groups in total. The van der Waals surface area contributed by atoms with Crippen molar-refractivity contribution in [1.29, 1.82) is 0 Å². The molecule has 0 aliphatic heterocycles. The number of nitrogens with zero attached hydrogens (tertiary/aromatic N) is 4. The Morgan fingerprint density at radius 1 is 0.969 bits per heavy atom. The number of nitro groups is 1. The molecule has 0 bridgehead atoms. The molecule has 8 heteroatoms. The van der Waals surface area contributed by atoms with E-state index in [-0.39, 0.29) is 24.6 Å². The van der Waals surface area contributed by atoms with Gasteiger partial charge < -0.3 is 4.74 Å². The fraction of sp³-hybridized carbons (Fsp3) is 0.125. The van der Waals surface area contributed by atoms with Crippen LogP contribution in [0.5, 0.6) is 5.75 Å². The Morgan fingerprint density at radius 2 is 1.59 bits per heavy atom. The van der Waals surface area contributed by atoms with Gasteiger partial charge in [-0.3, -0.25) is 14.9 Å². The van der Waals surface area contributed by atoms with Crippen LogP contribution in [0.2, 0.25) is 0 Å². The number of benzene rings is 3. The van der Waals surface area contributed by atoms with E-state index in [1.807, 2.05) is 24.3 Å². The summed E-state index contributed by atoms with van der Waals surface area (Å²) in [7, 11) is 0. The number of ketones is 1. The molecule has 0 radical (unpaired) electrons. The van der Waals surface area contributed by atoms with E-state index in [1.54, 1.807) is 6.20 Å². The van der Waals surface area contributed by atoms with Gasteiger partial charge in [-0.05, 0) is 42.3 Å². The maximum absolute atomic E-state index is 12.4. The molecule has 1 aromatic heterocycles. The van der Waals surface area contributed by atoms with Crippen LogP contribution in [0.25, 0.3) is 11.1 Å². The van der Waals surface area contributed by atoms with Gasteiger partial charge in [-0.15, -0.1) is 5.10 Å². The first-order valence-corrected chi connectivity index (χ1v) is 9.94. The van der Waals surface area contributed by atoms with Gasteiger partial charge in [0.1, 0.15) is 24.6 Å². The van der Waals surface area contributed by atoms with Gasteiger partial charge in [0.2, 0.25) is 0 Å². The van der Waals surface area contributed by atoms with Crippen LogP contribution in [-0.4, -0.2) is 25.7 Å². The van der Waals surface area contributed by atoms with Crippen molar-refractivity contribution in [3.8, 4) is 16.9 Å². The first-order valence-electron chi connectivity index (χ1n) is 9.94. The number of carbonyl (C=O) groups excluding carboxylic acids is 1. The number of carbonyl (C=O) groups is 1. The number of Topliss-reactive ketones (excluding diaryl/α,β-unsaturated/α-hetero) is 1. The molecular formula is C24H20N4O4. The van der Waals surface area contributed by atoms with Gasteiger partial charge in [0.15, 0.2) is 5.78 Å². The summed E-state index contributed by atoms with van der Waals surface area (Å²) in [6, 6.07) is 21.6. The average molecular weight is 428 g/mol. The van der Waals surface area contributed by atoms with E-state index < -0.39 is 4.92 Å². The molecule has 4 rings (SSSR count). The lowest BCUT2D eigenvalue weighted by atomic mass is 10.0. The Labute approximate surface area is 184 Å². The highest BCUT2D eigenvalue weighted by Crippen LogP contribution is 2.23. The Morgan fingerprint density at radius 3 is 2.22 bits per heavy atom. The number of ether oxygens (including phenoxy) is 1. The summed E-state index contributed by atoms with van der Waals surface area (Å²) in [6.45, 7) is 2.26. The van der Waals surface area contributed by atoms with E-state index in [1.165, 1.54) is 34.5 Å². The van der Waals surface area contributed by atoms with E-state index in [2.05, 4.69) is 41.5 Å². The van der Waals surface area contributed by atoms with Crippen molar-refractivity contribution < 1.29 is 14.5 Å². The normalized spacial score (nSPS) is 10.7. The van der Waals surface area contributed by atoms with Gasteiger partial charge in [-0.1, -0.05) is 47.2 Å². The predicted molar refractivity (Wildman–Crippen MR) is 118 cm³/mol. The topological polar surface area (TPSA) is 100 Å². The molecule has 4 aromatic rings. The van der Waals surface area contributed by atoms with Crippen molar-refractivity contribution in [2.75, 3.05) is 0 Å². The molecule has 0 saturated carbocycles. The Bertz CT molecular complexity index is 1230. The van der Waals surface area contributed by atoms with Crippen molar-refractivity contribution in [1.82, 2.24) is 15.0 Å². The minimum absolute atomic E-state index is 0.0178. The highest BCUT2D eigenvalue weighted by molar-refractivity contribution is 5.96. The average Bonchev–Trinajstić information content (AvgIpc) is 3.26. The third kappa shape index (κ3) is 5.04. The molecule has 0 unspecified atom stereocenters. The van der Waals surface area contributed by atoms with Crippen molar-refractivity contribution in [2.45, 2.75) is 20.1 Å². The molecule has 0 atom stereocenters. The van der Waals surface area contributed by atoms with Crippen molar-refractivity contribution >= 4 is 11.5 Å². The van der Waals surface area contributed by atoms with Crippen LogP contribution < -0.4 is 4.74 Å². The molecule has 1 heterocycles. The number of rotatable bonds is 8. The van der Waals surface area contributed by atoms with Crippen molar-refractivity contribution in [3.05, 3.63) is 106 Å². The highest BCUT2D eigenvalue weighted by Gasteiger charge is 2.12. The van der Waals surface area contributed by atoms with Crippen LogP contribution in [-0.2, 0) is 13.2 Å². The molecule has 0 aliphatic carbocycles. The summed E-state index contributed by atoms with van der Waals surface area (Å²) in [6.07, 6.45) is 1.64. The molecule has 0 fully saturated rings. The number of nitro benzene ring substituents is 1. The van der Waals surface area contributed by atoms with Crippen molar-refractivity contribution in [2.24, 2.45) is 0 Å². The van der Waals surface area contributed by atoms with E-state index in [9.17, 15) is 14.9 Å². The molecule has 8 nitrogen and oxygen atoms in total. The smallest absolute Gasteiger partial charge is 0.269 e. The van der Waals surface area contributed by atoms with Crippen LogP contribution in [0.4, 0.5) is 5.69 Å². The number of non-ortho nitro benzene ring substituents is 1. The molecule has 0 aliphatic rings. The second kappa shape index (κ2) is 9.22. The van der Waals surface area contributed by atoms with E-state index in [0.29, 0.717) is 17.0 Å². The minimum Gasteiger partial charge on any atom is -0.487 e. The number of aromatic nitrogens is 3. The predicted octanol–water partition coefficient (Wildman–Crippen LogP) is 4.62. The molecule has 0 amide bonds. The molecular weight excluding hydrogens is 408 g/mol. The van der Waals surface area contributed by atoms with Crippen LogP contribution in [0.3, 0.4) is 0 Å². The lowest BCUT2D eigenvalue weighted by Gasteiger charge is -2.06. The van der Waals surface area contributed by atoms with Crippen LogP contribution in [0.15, 0.2) is 79.0 Å². The highest BCUT2D eigenvalue weighted by atomic mass is 16.6. The first kappa shape index (κ1) is 20.9. The molecule has 3 aromatic carbocycles. The lowest BCUT2D eigenvalue weighted by molar-refractivity contribution is -0.384. The van der Waals surface area contributed by atoms with E-state index in [4.69, 9.17) is 4.74 Å². The SMILES string of the molecule is Cc1ccc(-c2ccc(OCc3cn(CC(=O)c4ccc([N+](=O)[O-])cc4)nn3)cc2)cc1. The van der Waals surface area contributed by atoms with Gasteiger partial charge in [0.05, 0.1) is 11.1 Å². The fourth-order valence-electron chi connectivity index (χ4n) is 3.14. The van der Waals surface area contributed by atoms with Crippen LogP contribution in [0, 0.1) is 17.0 Å². The molecule has 0 saturated heterocycles. The van der Waals surface area contributed by atoms with Gasteiger partial charge in [-0.25, -0.2) is 4.68 Å². The second-order valence-electron chi connectivity index (χ2n) is 7.31. The quantitative estimate of drug-likeness (QED) is 0.231. The fourth-order valence-corrected chi connectivity index (χ4v) is 3.14. The summed E-state index contributed by atoms with van der Waals surface area (Å²) < 4.78 is 7.20. The largest absolute Gasteiger partial charge is 0.487 e. The zero-order valence-corrected chi connectivity index (χ0v) is 17.3. The number of aryl methyl sites for hydroxylation is 1. The Kier molecular flexibility index (Phi) is 6.03. The summed E-state index contributed by atoms with van der Waals surface area (Å²) >= 11 is 0. The van der Waals surface area contributed by atoms with Gasteiger partial charge in [0.25, 0.3) is 5.69 Å². The van der Waals surface area contributed by atoms with Gasteiger partial charge >= 0.3 is 0 Å². The zero-order chi connectivity index (χ0) is 22.5. The van der Waals surface area contributed by atoms with Gasteiger partial charge in [0, 0.05) is 17.7 Å². The number of hydrogen-bond donors (Lipinski definition) is 0. The van der Waals surface area contributed by atoms with Crippen LogP contribution >= 0.6 is 0 Å². The lowest BCUT2D eigenvalue weighted by Crippen LogP contribution is -2.11. The zero-order valence-electron chi connectivity index (χ0n) is 17.3. The number of hydrogen-bond acceptors (Lipinski definition) is 6. The summed E-state index contributed by atoms with van der Waals surface area (Å²) in [5.74, 6) is 0.487. The van der Waals surface area contributed by atoms with Gasteiger partial charge in [-0.2, -0.15) is 0 Å². The summed E-state index contributed by atoms with van der Waals surface area (Å²) in [5.41, 5.74) is 4.36. The standard InChI is InChI=1S/C24H20N4O4/c1-17-2-4-18(5-3-17)19-8-12-23(13-9-19)32-16-21-14-27(26-25-21)15-24(29)20-6-10-22(11-7-20)28(30)31/h2-14H,15-16H2,1H3. The molecule has 160 valence electrons. The first-order chi connectivity index (χ1) is 15.5. The molecule has 32 heavy (non-hydrogen) atoms. The maximum atomic E-state index is 12.4. The third-order valence-corrected chi connectivity index (χ3v) is 4.92. The minimum atomic E-state index is -0.506. The Balaban J connectivity index is 1.32. The maximum Gasteiger partial charge on any atom is 0.269 e. The van der Waals surface area contributed by atoms with E-state index in [0.717, 1.165) is 11.1 Å². The third-order valence-electron chi connectivity index (χ3n) is 4.92. The summed E-state index contributed by atoms with van der Waals surface area (Å²) in [4.78, 5) is 22.6. The monoisotopic (exact) mass is 428 g/mol.